The van der Waals surface area contributed by atoms with Crippen molar-refractivity contribution in [3.05, 3.63) is 0 Å². The van der Waals surface area contributed by atoms with E-state index in [-0.39, 0.29) is 0 Å². The molecule has 0 atom stereocenters. The average molecular weight is 155 g/mol. The number of hydrogen-bond donors (Lipinski definition) is 0. The Balaban J connectivity index is 2.19. The van der Waals surface area contributed by atoms with Crippen LogP contribution in [0.15, 0.2) is 0 Å². The Labute approximate surface area is 70.8 Å². The van der Waals surface area contributed by atoms with Crippen molar-refractivity contribution in [2.75, 3.05) is 19.6 Å². The summed E-state index contributed by atoms with van der Waals surface area (Å²) < 4.78 is 0. The van der Waals surface area contributed by atoms with Crippen LogP contribution >= 0.6 is 0 Å². The van der Waals surface area contributed by atoms with Gasteiger partial charge in [0.2, 0.25) is 0 Å². The van der Waals surface area contributed by atoms with Crippen molar-refractivity contribution < 1.29 is 0 Å². The average Bonchev–Trinajstić information content (AvgIpc) is 1.74. The summed E-state index contributed by atoms with van der Waals surface area (Å²) in [7, 11) is 0. The zero-order valence-electron chi connectivity index (χ0n) is 8.35. The van der Waals surface area contributed by atoms with E-state index in [0.717, 1.165) is 5.92 Å². The predicted molar refractivity (Wildman–Crippen MR) is 49.7 cm³/mol. The van der Waals surface area contributed by atoms with Gasteiger partial charge < -0.3 is 4.90 Å². The molecule has 0 spiro atoms. The van der Waals surface area contributed by atoms with Crippen molar-refractivity contribution in [3.63, 3.8) is 0 Å². The maximum Gasteiger partial charge on any atom is 0.00270 e. The van der Waals surface area contributed by atoms with E-state index in [1.54, 1.807) is 0 Å². The van der Waals surface area contributed by atoms with Crippen molar-refractivity contribution >= 4 is 0 Å². The van der Waals surface area contributed by atoms with Gasteiger partial charge in [-0.05, 0) is 24.3 Å². The summed E-state index contributed by atoms with van der Waals surface area (Å²) in [6.07, 6.45) is 1.30. The van der Waals surface area contributed by atoms with Crippen molar-refractivity contribution in [2.24, 2.45) is 11.3 Å². The summed E-state index contributed by atoms with van der Waals surface area (Å²) in [5.41, 5.74) is 0.532. The van der Waals surface area contributed by atoms with Gasteiger partial charge in [0.25, 0.3) is 0 Å². The Bertz CT molecular complexity index is 117. The molecule has 0 amide bonds. The van der Waals surface area contributed by atoms with Crippen LogP contribution in [0.4, 0.5) is 0 Å². The standard InChI is InChI=1S/C10H21N/c1-5-6-11-7-9(8-11)10(2,3)4/h9H,5-8H2,1-4H3. The van der Waals surface area contributed by atoms with Crippen LogP contribution in [0.5, 0.6) is 0 Å². The van der Waals surface area contributed by atoms with Crippen LogP contribution < -0.4 is 0 Å². The lowest BCUT2D eigenvalue weighted by Gasteiger charge is -2.46. The van der Waals surface area contributed by atoms with E-state index in [2.05, 4.69) is 32.6 Å². The van der Waals surface area contributed by atoms with Gasteiger partial charge in [0.05, 0.1) is 0 Å². The molecule has 1 rings (SSSR count). The quantitative estimate of drug-likeness (QED) is 0.592. The normalized spacial score (nSPS) is 21.8. The second-order valence-corrected chi connectivity index (χ2v) is 4.82. The molecule has 0 aromatic rings. The van der Waals surface area contributed by atoms with Crippen LogP contribution in [0, 0.1) is 11.3 Å². The first kappa shape index (κ1) is 9.05. The van der Waals surface area contributed by atoms with E-state index in [4.69, 9.17) is 0 Å². The van der Waals surface area contributed by atoms with Gasteiger partial charge in [0.15, 0.2) is 0 Å². The Kier molecular flexibility index (Phi) is 2.58. The van der Waals surface area contributed by atoms with Crippen LogP contribution in [0.1, 0.15) is 34.1 Å². The summed E-state index contributed by atoms with van der Waals surface area (Å²) in [6.45, 7) is 13.3. The third-order valence-corrected chi connectivity index (χ3v) is 2.72. The van der Waals surface area contributed by atoms with Gasteiger partial charge in [0, 0.05) is 13.1 Å². The van der Waals surface area contributed by atoms with Gasteiger partial charge in [-0.25, -0.2) is 0 Å². The second-order valence-electron chi connectivity index (χ2n) is 4.82. The van der Waals surface area contributed by atoms with Crippen LogP contribution in [-0.4, -0.2) is 24.5 Å². The molecular formula is C10H21N. The summed E-state index contributed by atoms with van der Waals surface area (Å²) in [4.78, 5) is 2.55. The van der Waals surface area contributed by atoms with E-state index in [0.29, 0.717) is 5.41 Å². The van der Waals surface area contributed by atoms with Crippen LogP contribution in [0.2, 0.25) is 0 Å². The first-order valence-corrected chi connectivity index (χ1v) is 4.76. The fourth-order valence-corrected chi connectivity index (χ4v) is 1.62. The number of nitrogens with zero attached hydrogens (tertiary/aromatic N) is 1. The molecule has 0 aromatic carbocycles. The van der Waals surface area contributed by atoms with Crippen molar-refractivity contribution in [1.29, 1.82) is 0 Å². The maximum absolute atomic E-state index is 2.55. The summed E-state index contributed by atoms with van der Waals surface area (Å²) >= 11 is 0. The lowest BCUT2D eigenvalue weighted by molar-refractivity contribution is 0.0252. The largest absolute Gasteiger partial charge is 0.303 e. The summed E-state index contributed by atoms with van der Waals surface area (Å²) in [6, 6.07) is 0. The van der Waals surface area contributed by atoms with Crippen molar-refractivity contribution in [2.45, 2.75) is 34.1 Å². The van der Waals surface area contributed by atoms with Crippen LogP contribution in [0.25, 0.3) is 0 Å². The highest BCUT2D eigenvalue weighted by Gasteiger charge is 2.34. The summed E-state index contributed by atoms with van der Waals surface area (Å²) in [5.74, 6) is 0.939. The number of hydrogen-bond acceptors (Lipinski definition) is 1. The first-order chi connectivity index (χ1) is 5.04. The van der Waals surface area contributed by atoms with E-state index in [1.165, 1.54) is 26.1 Å². The van der Waals surface area contributed by atoms with E-state index >= 15 is 0 Å². The smallest absolute Gasteiger partial charge is 0.00270 e. The second kappa shape index (κ2) is 3.14. The molecule has 1 heterocycles. The maximum atomic E-state index is 2.55. The van der Waals surface area contributed by atoms with Gasteiger partial charge in [-0.3, -0.25) is 0 Å². The highest BCUT2D eigenvalue weighted by Crippen LogP contribution is 2.33. The predicted octanol–water partition coefficient (Wildman–Crippen LogP) is 2.37. The van der Waals surface area contributed by atoms with Crippen molar-refractivity contribution in [3.8, 4) is 0 Å². The number of likely N-dealkylation sites (tertiary alicyclic amines) is 1. The molecule has 66 valence electrons. The molecule has 1 saturated heterocycles. The molecule has 11 heavy (non-hydrogen) atoms. The van der Waals surface area contributed by atoms with E-state index < -0.39 is 0 Å². The summed E-state index contributed by atoms with van der Waals surface area (Å²) in [5, 5.41) is 0. The minimum absolute atomic E-state index is 0.532. The van der Waals surface area contributed by atoms with Crippen LogP contribution in [0.3, 0.4) is 0 Å². The topological polar surface area (TPSA) is 3.24 Å². The minimum atomic E-state index is 0.532. The molecule has 0 radical (unpaired) electrons. The Morgan fingerprint density at radius 2 is 1.82 bits per heavy atom. The third kappa shape index (κ3) is 2.19. The molecule has 1 nitrogen and oxygen atoms in total. The Morgan fingerprint density at radius 1 is 1.27 bits per heavy atom. The lowest BCUT2D eigenvalue weighted by atomic mass is 9.76. The fourth-order valence-electron chi connectivity index (χ4n) is 1.62. The van der Waals surface area contributed by atoms with Gasteiger partial charge in [-0.15, -0.1) is 0 Å². The number of rotatable bonds is 2. The monoisotopic (exact) mass is 155 g/mol. The van der Waals surface area contributed by atoms with Gasteiger partial charge in [-0.1, -0.05) is 27.7 Å². The minimum Gasteiger partial charge on any atom is -0.303 e. The highest BCUT2D eigenvalue weighted by atomic mass is 15.2. The van der Waals surface area contributed by atoms with Gasteiger partial charge in [0.1, 0.15) is 0 Å². The molecule has 0 bridgehead atoms. The molecule has 0 aliphatic carbocycles. The van der Waals surface area contributed by atoms with Crippen molar-refractivity contribution in [1.82, 2.24) is 4.90 Å². The van der Waals surface area contributed by atoms with Gasteiger partial charge in [-0.2, -0.15) is 0 Å². The van der Waals surface area contributed by atoms with Crippen LogP contribution in [-0.2, 0) is 0 Å². The van der Waals surface area contributed by atoms with Gasteiger partial charge >= 0.3 is 0 Å². The molecule has 0 saturated carbocycles. The fraction of sp³-hybridized carbons (Fsp3) is 1.00. The molecule has 0 unspecified atom stereocenters. The lowest BCUT2D eigenvalue weighted by Crippen LogP contribution is -2.52. The molecule has 0 N–H and O–H groups in total. The molecule has 0 aromatic heterocycles. The zero-order chi connectivity index (χ0) is 8.48. The van der Waals surface area contributed by atoms with E-state index in [9.17, 15) is 0 Å². The Hall–Kier alpha value is -0.0400. The molecule has 1 fully saturated rings. The van der Waals surface area contributed by atoms with E-state index in [1.807, 2.05) is 0 Å². The highest BCUT2D eigenvalue weighted by molar-refractivity contribution is 4.87. The molecular weight excluding hydrogens is 134 g/mol. The molecule has 1 aliphatic heterocycles. The molecule has 1 heteroatoms. The molecule has 1 aliphatic rings. The first-order valence-electron chi connectivity index (χ1n) is 4.76. The zero-order valence-corrected chi connectivity index (χ0v) is 8.35. The SMILES string of the molecule is CCCN1CC(C(C)(C)C)C1. The Morgan fingerprint density at radius 3 is 2.18 bits per heavy atom. The third-order valence-electron chi connectivity index (χ3n) is 2.72.